The van der Waals surface area contributed by atoms with E-state index in [1.807, 2.05) is 6.92 Å². The number of morpholine rings is 1. The molecule has 1 atom stereocenters. The molecule has 2 saturated heterocycles. The average Bonchev–Trinajstić information content (AvgIpc) is 2.82. The van der Waals surface area contributed by atoms with Gasteiger partial charge < -0.3 is 29.9 Å². The van der Waals surface area contributed by atoms with Crippen LogP contribution in [0.3, 0.4) is 0 Å². The lowest BCUT2D eigenvalue weighted by molar-refractivity contribution is -0.151. The second-order valence-electron chi connectivity index (χ2n) is 7.66. The van der Waals surface area contributed by atoms with Gasteiger partial charge in [0.25, 0.3) is 5.91 Å². The highest BCUT2D eigenvalue weighted by Gasteiger charge is 2.35. The van der Waals surface area contributed by atoms with Crippen molar-refractivity contribution in [3.05, 3.63) is 29.8 Å². The van der Waals surface area contributed by atoms with Crippen LogP contribution in [0.25, 0.3) is 0 Å². The quantitative estimate of drug-likeness (QED) is 0.550. The van der Waals surface area contributed by atoms with E-state index in [0.717, 1.165) is 0 Å². The maximum atomic E-state index is 12.8. The molecule has 1 aromatic carbocycles. The first-order chi connectivity index (χ1) is 15.5. The number of amides is 3. The molecule has 0 saturated carbocycles. The van der Waals surface area contributed by atoms with Crippen LogP contribution in [-0.4, -0.2) is 92.1 Å². The first-order valence-electron chi connectivity index (χ1n) is 10.9. The highest BCUT2D eigenvalue weighted by atomic mass is 16.5. The minimum absolute atomic E-state index is 0.0665. The van der Waals surface area contributed by atoms with Crippen molar-refractivity contribution in [2.45, 2.75) is 25.8 Å². The lowest BCUT2D eigenvalue weighted by atomic mass is 10.1. The predicted octanol–water partition coefficient (Wildman–Crippen LogP) is 0.241. The number of rotatable bonds is 8. The molecule has 174 valence electrons. The largest absolute Gasteiger partial charge is 0.466 e. The molecule has 10 heteroatoms. The van der Waals surface area contributed by atoms with Gasteiger partial charge in [0, 0.05) is 37.4 Å². The van der Waals surface area contributed by atoms with Crippen molar-refractivity contribution in [2.24, 2.45) is 0 Å². The molecule has 10 nitrogen and oxygen atoms in total. The predicted molar refractivity (Wildman–Crippen MR) is 116 cm³/mol. The van der Waals surface area contributed by atoms with Gasteiger partial charge in [-0.15, -0.1) is 0 Å². The summed E-state index contributed by atoms with van der Waals surface area (Å²) >= 11 is 0. The average molecular weight is 447 g/mol. The molecule has 3 rings (SSSR count). The molecule has 2 aliphatic heterocycles. The van der Waals surface area contributed by atoms with Crippen molar-refractivity contribution >= 4 is 29.4 Å². The van der Waals surface area contributed by atoms with E-state index in [2.05, 4.69) is 10.6 Å². The van der Waals surface area contributed by atoms with Gasteiger partial charge >= 0.3 is 5.97 Å². The maximum Gasteiger partial charge on any atom is 0.308 e. The zero-order valence-corrected chi connectivity index (χ0v) is 18.3. The number of hydrogen-bond acceptors (Lipinski definition) is 7. The first kappa shape index (κ1) is 23.5. The Labute approximate surface area is 187 Å². The molecule has 32 heavy (non-hydrogen) atoms. The Bertz CT molecular complexity index is 839. The molecule has 1 unspecified atom stereocenters. The second kappa shape index (κ2) is 11.5. The fraction of sp³-hybridized carbons (Fsp3) is 0.545. The van der Waals surface area contributed by atoms with Crippen LogP contribution >= 0.6 is 0 Å². The molecule has 0 aromatic heterocycles. The Kier molecular flexibility index (Phi) is 8.43. The lowest BCUT2D eigenvalue weighted by Gasteiger charge is -2.34. The van der Waals surface area contributed by atoms with E-state index in [0.29, 0.717) is 57.1 Å². The van der Waals surface area contributed by atoms with Gasteiger partial charge in [-0.3, -0.25) is 19.2 Å². The summed E-state index contributed by atoms with van der Waals surface area (Å²) in [6.07, 6.45) is 0.503. The number of esters is 1. The van der Waals surface area contributed by atoms with E-state index in [9.17, 15) is 19.2 Å². The van der Waals surface area contributed by atoms with Gasteiger partial charge in [0.05, 0.1) is 32.8 Å². The van der Waals surface area contributed by atoms with Crippen molar-refractivity contribution in [1.29, 1.82) is 0 Å². The third-order valence-electron chi connectivity index (χ3n) is 5.33. The normalized spacial score (nSPS) is 18.7. The van der Waals surface area contributed by atoms with Gasteiger partial charge in [0.1, 0.15) is 6.04 Å². The summed E-state index contributed by atoms with van der Waals surface area (Å²) in [5.74, 6) is -1.26. The number of benzene rings is 1. The summed E-state index contributed by atoms with van der Waals surface area (Å²) in [6, 6.07) is 6.06. The van der Waals surface area contributed by atoms with E-state index < -0.39 is 12.0 Å². The van der Waals surface area contributed by atoms with Crippen molar-refractivity contribution in [1.82, 2.24) is 15.1 Å². The Morgan fingerprint density at radius 2 is 2.00 bits per heavy atom. The third kappa shape index (κ3) is 6.19. The molecule has 2 aliphatic rings. The summed E-state index contributed by atoms with van der Waals surface area (Å²) in [4.78, 5) is 52.9. The SMILES string of the molecule is CCCOC(=O)CC1C(=O)NCCN1C(=O)CNc1cccc(C(=O)N2CCOCC2)c1. The monoisotopic (exact) mass is 446 g/mol. The Hall–Kier alpha value is -3.14. The van der Waals surface area contributed by atoms with E-state index in [1.54, 1.807) is 29.2 Å². The number of carbonyl (C=O) groups is 4. The minimum atomic E-state index is -0.892. The van der Waals surface area contributed by atoms with Crippen molar-refractivity contribution in [2.75, 3.05) is 57.9 Å². The van der Waals surface area contributed by atoms with Crippen LogP contribution in [0.5, 0.6) is 0 Å². The van der Waals surface area contributed by atoms with Gasteiger partial charge in [0.15, 0.2) is 0 Å². The summed E-state index contributed by atoms with van der Waals surface area (Å²) in [6.45, 7) is 4.88. The van der Waals surface area contributed by atoms with Crippen LogP contribution in [0.4, 0.5) is 5.69 Å². The molecular formula is C22H30N4O6. The molecule has 2 fully saturated rings. The molecular weight excluding hydrogens is 416 g/mol. The van der Waals surface area contributed by atoms with Crippen molar-refractivity contribution in [3.63, 3.8) is 0 Å². The fourth-order valence-electron chi connectivity index (χ4n) is 3.64. The van der Waals surface area contributed by atoms with E-state index in [4.69, 9.17) is 9.47 Å². The van der Waals surface area contributed by atoms with Crippen LogP contribution in [0.1, 0.15) is 30.1 Å². The number of anilines is 1. The molecule has 2 heterocycles. The van der Waals surface area contributed by atoms with E-state index >= 15 is 0 Å². The fourth-order valence-corrected chi connectivity index (χ4v) is 3.64. The van der Waals surface area contributed by atoms with Crippen LogP contribution in [-0.2, 0) is 23.9 Å². The molecule has 0 radical (unpaired) electrons. The summed E-state index contributed by atoms with van der Waals surface area (Å²) in [7, 11) is 0. The van der Waals surface area contributed by atoms with Crippen molar-refractivity contribution < 1.29 is 28.7 Å². The zero-order chi connectivity index (χ0) is 22.9. The van der Waals surface area contributed by atoms with Gasteiger partial charge in [-0.25, -0.2) is 0 Å². The number of hydrogen-bond donors (Lipinski definition) is 2. The topological polar surface area (TPSA) is 117 Å². The van der Waals surface area contributed by atoms with Crippen LogP contribution < -0.4 is 10.6 Å². The number of nitrogens with one attached hydrogen (secondary N) is 2. The standard InChI is InChI=1S/C22H30N4O6/c1-2-10-32-20(28)14-18-21(29)23-6-7-26(18)19(27)15-24-17-5-3-4-16(13-17)22(30)25-8-11-31-12-9-25/h3-5,13,18,24H,2,6-12,14-15H2,1H3,(H,23,29). The lowest BCUT2D eigenvalue weighted by Crippen LogP contribution is -2.58. The van der Waals surface area contributed by atoms with Crippen molar-refractivity contribution in [3.8, 4) is 0 Å². The Morgan fingerprint density at radius 1 is 1.22 bits per heavy atom. The molecule has 3 amide bonds. The molecule has 2 N–H and O–H groups in total. The van der Waals surface area contributed by atoms with Crippen LogP contribution in [0.15, 0.2) is 24.3 Å². The summed E-state index contributed by atoms with van der Waals surface area (Å²) < 4.78 is 10.4. The molecule has 0 aliphatic carbocycles. The highest BCUT2D eigenvalue weighted by molar-refractivity contribution is 5.96. The highest BCUT2D eigenvalue weighted by Crippen LogP contribution is 2.15. The Morgan fingerprint density at radius 3 is 2.75 bits per heavy atom. The van der Waals surface area contributed by atoms with Gasteiger partial charge in [-0.05, 0) is 24.6 Å². The zero-order valence-electron chi connectivity index (χ0n) is 18.3. The second-order valence-corrected chi connectivity index (χ2v) is 7.66. The van der Waals surface area contributed by atoms with Gasteiger partial charge in [-0.2, -0.15) is 0 Å². The minimum Gasteiger partial charge on any atom is -0.466 e. The van der Waals surface area contributed by atoms with Crippen LogP contribution in [0.2, 0.25) is 0 Å². The summed E-state index contributed by atoms with van der Waals surface area (Å²) in [5.41, 5.74) is 1.15. The number of piperazine rings is 1. The smallest absolute Gasteiger partial charge is 0.308 e. The first-order valence-corrected chi connectivity index (χ1v) is 10.9. The van der Waals surface area contributed by atoms with E-state index in [1.165, 1.54) is 4.90 Å². The maximum absolute atomic E-state index is 12.8. The summed E-state index contributed by atoms with van der Waals surface area (Å²) in [5, 5.41) is 5.72. The number of nitrogens with zero attached hydrogens (tertiary/aromatic N) is 2. The molecule has 1 aromatic rings. The van der Waals surface area contributed by atoms with Gasteiger partial charge in [-0.1, -0.05) is 13.0 Å². The third-order valence-corrected chi connectivity index (χ3v) is 5.33. The van der Waals surface area contributed by atoms with Gasteiger partial charge in [0.2, 0.25) is 11.8 Å². The number of carbonyl (C=O) groups excluding carboxylic acids is 4. The van der Waals surface area contributed by atoms with Crippen LogP contribution in [0, 0.1) is 0 Å². The molecule has 0 bridgehead atoms. The van der Waals surface area contributed by atoms with E-state index in [-0.39, 0.29) is 37.3 Å². The molecule has 0 spiro atoms. The Balaban J connectivity index is 1.59. The number of ether oxygens (including phenoxy) is 2.